The van der Waals surface area contributed by atoms with E-state index in [4.69, 9.17) is 4.42 Å². The number of aryl methyl sites for hydroxylation is 1. The molecular formula is C13H21ClN2O5S. The van der Waals surface area contributed by atoms with Crippen molar-refractivity contribution in [3.05, 3.63) is 17.6 Å². The van der Waals surface area contributed by atoms with Crippen molar-refractivity contribution in [3.63, 3.8) is 0 Å². The van der Waals surface area contributed by atoms with Crippen LogP contribution in [-0.4, -0.2) is 40.6 Å². The summed E-state index contributed by atoms with van der Waals surface area (Å²) < 4.78 is 37.3. The number of furan rings is 1. The van der Waals surface area contributed by atoms with Gasteiger partial charge in [0, 0.05) is 12.1 Å². The molecule has 2 unspecified atom stereocenters. The van der Waals surface area contributed by atoms with Gasteiger partial charge in [0.15, 0.2) is 0 Å². The van der Waals surface area contributed by atoms with Crippen LogP contribution in [0.4, 0.5) is 0 Å². The first kappa shape index (κ1) is 19.0. The number of sulfonamides is 1. The largest absolute Gasteiger partial charge is 0.463 e. The van der Waals surface area contributed by atoms with E-state index in [1.165, 1.54) is 20.1 Å². The summed E-state index contributed by atoms with van der Waals surface area (Å²) in [6, 6.07) is 1.07. The maximum atomic E-state index is 12.4. The molecule has 2 atom stereocenters. The van der Waals surface area contributed by atoms with Gasteiger partial charge < -0.3 is 14.5 Å². The number of hydrogen-bond donors (Lipinski definition) is 2. The summed E-state index contributed by atoms with van der Waals surface area (Å²) in [5.41, 5.74) is 0. The third-order valence-electron chi connectivity index (χ3n) is 3.64. The molecule has 9 heteroatoms. The second-order valence-electron chi connectivity index (χ2n) is 5.22. The minimum Gasteiger partial charge on any atom is -0.463 e. The average molecular weight is 353 g/mol. The Morgan fingerprint density at radius 1 is 1.50 bits per heavy atom. The fraction of sp³-hybridized carbons (Fsp3) is 0.615. The normalized spacial score (nSPS) is 22.0. The lowest BCUT2D eigenvalue weighted by atomic mass is 9.97. The van der Waals surface area contributed by atoms with Crippen molar-refractivity contribution in [2.24, 2.45) is 5.92 Å². The molecular weight excluding hydrogens is 332 g/mol. The number of ether oxygens (including phenoxy) is 1. The predicted molar refractivity (Wildman–Crippen MR) is 82.8 cm³/mol. The van der Waals surface area contributed by atoms with Crippen LogP contribution in [0.15, 0.2) is 15.4 Å². The molecule has 1 saturated heterocycles. The van der Waals surface area contributed by atoms with Crippen molar-refractivity contribution in [1.82, 2.24) is 10.0 Å². The topological polar surface area (TPSA) is 97.6 Å². The van der Waals surface area contributed by atoms with E-state index in [2.05, 4.69) is 14.8 Å². The highest BCUT2D eigenvalue weighted by Crippen LogP contribution is 2.22. The van der Waals surface area contributed by atoms with Crippen LogP contribution < -0.4 is 10.0 Å². The van der Waals surface area contributed by atoms with E-state index in [9.17, 15) is 13.2 Å². The van der Waals surface area contributed by atoms with E-state index in [-0.39, 0.29) is 40.8 Å². The molecule has 0 aliphatic carbocycles. The van der Waals surface area contributed by atoms with Gasteiger partial charge in [-0.15, -0.1) is 12.4 Å². The Bertz CT molecular complexity index is 628. The van der Waals surface area contributed by atoms with E-state index >= 15 is 0 Å². The summed E-state index contributed by atoms with van der Waals surface area (Å²) in [4.78, 5) is 11.4. The minimum absolute atomic E-state index is 0. The van der Waals surface area contributed by atoms with Gasteiger partial charge in [0.1, 0.15) is 10.7 Å². The average Bonchev–Trinajstić information content (AvgIpc) is 2.83. The van der Waals surface area contributed by atoms with Gasteiger partial charge in [0.25, 0.3) is 0 Å². The first-order valence-corrected chi connectivity index (χ1v) is 8.25. The third kappa shape index (κ3) is 4.01. The van der Waals surface area contributed by atoms with Crippen LogP contribution in [0.5, 0.6) is 0 Å². The van der Waals surface area contributed by atoms with E-state index in [1.54, 1.807) is 0 Å². The number of carbonyl (C=O) groups is 1. The number of carbonyl (C=O) groups excluding carboxylic acids is 1. The van der Waals surface area contributed by atoms with Crippen LogP contribution in [0, 0.1) is 12.8 Å². The second-order valence-corrected chi connectivity index (χ2v) is 6.90. The van der Waals surface area contributed by atoms with Crippen LogP contribution in [0.1, 0.15) is 29.7 Å². The molecule has 0 radical (unpaired) electrons. The van der Waals surface area contributed by atoms with E-state index in [0.29, 0.717) is 0 Å². The van der Waals surface area contributed by atoms with Gasteiger partial charge in [-0.25, -0.2) is 17.9 Å². The maximum absolute atomic E-state index is 12.4. The Morgan fingerprint density at radius 2 is 2.18 bits per heavy atom. The van der Waals surface area contributed by atoms with Crippen molar-refractivity contribution < 1.29 is 22.4 Å². The second kappa shape index (κ2) is 7.45. The summed E-state index contributed by atoms with van der Waals surface area (Å²) >= 11 is 0. The molecule has 0 saturated carbocycles. The summed E-state index contributed by atoms with van der Waals surface area (Å²) in [6.45, 7) is 5.04. The first-order chi connectivity index (χ1) is 9.85. The van der Waals surface area contributed by atoms with Crippen LogP contribution in [-0.2, 0) is 14.8 Å². The molecule has 22 heavy (non-hydrogen) atoms. The predicted octanol–water partition coefficient (Wildman–Crippen LogP) is 1.07. The van der Waals surface area contributed by atoms with Crippen molar-refractivity contribution in [1.29, 1.82) is 0 Å². The van der Waals surface area contributed by atoms with Gasteiger partial charge in [-0.1, -0.05) is 6.92 Å². The number of halogens is 1. The molecule has 0 bridgehead atoms. The summed E-state index contributed by atoms with van der Waals surface area (Å²) in [5, 5.41) is 3.21. The van der Waals surface area contributed by atoms with Crippen molar-refractivity contribution in [2.45, 2.75) is 31.2 Å². The molecule has 0 spiro atoms. The number of hydrogen-bond acceptors (Lipinski definition) is 6. The van der Waals surface area contributed by atoms with Gasteiger partial charge in [-0.3, -0.25) is 0 Å². The lowest BCUT2D eigenvalue weighted by Gasteiger charge is -2.29. The highest BCUT2D eigenvalue weighted by atomic mass is 35.5. The quantitative estimate of drug-likeness (QED) is 0.787. The van der Waals surface area contributed by atoms with Gasteiger partial charge in [0.2, 0.25) is 15.8 Å². The molecule has 1 fully saturated rings. The molecule has 7 nitrogen and oxygen atoms in total. The Morgan fingerprint density at radius 3 is 2.77 bits per heavy atom. The van der Waals surface area contributed by atoms with Gasteiger partial charge in [-0.05, 0) is 32.4 Å². The van der Waals surface area contributed by atoms with Crippen LogP contribution in [0.25, 0.3) is 0 Å². The lowest BCUT2D eigenvalue weighted by Crippen LogP contribution is -2.48. The van der Waals surface area contributed by atoms with E-state index < -0.39 is 16.0 Å². The molecule has 1 aromatic rings. The van der Waals surface area contributed by atoms with Crippen molar-refractivity contribution >= 4 is 28.4 Å². The number of esters is 1. The molecule has 2 heterocycles. The minimum atomic E-state index is -3.72. The molecule has 0 aromatic carbocycles. The van der Waals surface area contributed by atoms with Crippen LogP contribution in [0.2, 0.25) is 0 Å². The van der Waals surface area contributed by atoms with Crippen LogP contribution in [0.3, 0.4) is 0 Å². The Hall–Kier alpha value is -1.09. The smallest absolute Gasteiger partial charge is 0.373 e. The van der Waals surface area contributed by atoms with Gasteiger partial charge in [-0.2, -0.15) is 0 Å². The van der Waals surface area contributed by atoms with Gasteiger partial charge in [0.05, 0.1) is 7.11 Å². The standard InChI is InChI=1S/C13H20N2O5S.ClH/c1-8-7-14-5-4-10(8)15-21(17,18)12-6-11(13(16)19-3)20-9(12)2;/h6,8,10,14-15H,4-5,7H2,1-3H3;1H. The van der Waals surface area contributed by atoms with E-state index in [1.807, 2.05) is 6.92 Å². The van der Waals surface area contributed by atoms with Crippen molar-refractivity contribution in [3.8, 4) is 0 Å². The Kier molecular flexibility index (Phi) is 6.42. The molecule has 1 aromatic heterocycles. The molecule has 126 valence electrons. The SMILES string of the molecule is COC(=O)c1cc(S(=O)(=O)NC2CCNCC2C)c(C)o1.Cl. The third-order valence-corrected chi connectivity index (χ3v) is 5.24. The van der Waals surface area contributed by atoms with Gasteiger partial charge >= 0.3 is 5.97 Å². The van der Waals surface area contributed by atoms with Crippen LogP contribution >= 0.6 is 12.4 Å². The number of piperidine rings is 1. The summed E-state index contributed by atoms with van der Waals surface area (Å²) in [6.07, 6.45) is 0.723. The summed E-state index contributed by atoms with van der Waals surface area (Å²) in [5.74, 6) is -0.450. The zero-order valence-corrected chi connectivity index (χ0v) is 14.3. The summed E-state index contributed by atoms with van der Waals surface area (Å²) in [7, 11) is -2.51. The monoisotopic (exact) mass is 352 g/mol. The highest BCUT2D eigenvalue weighted by molar-refractivity contribution is 7.89. The molecule has 1 aliphatic heterocycles. The zero-order valence-electron chi connectivity index (χ0n) is 12.7. The maximum Gasteiger partial charge on any atom is 0.373 e. The first-order valence-electron chi connectivity index (χ1n) is 6.77. The molecule has 2 N–H and O–H groups in total. The Balaban J connectivity index is 0.00000242. The van der Waals surface area contributed by atoms with E-state index in [0.717, 1.165) is 19.5 Å². The molecule has 0 amide bonds. The zero-order chi connectivity index (χ0) is 15.6. The Labute approximate surface area is 136 Å². The number of rotatable bonds is 4. The lowest BCUT2D eigenvalue weighted by molar-refractivity contribution is 0.0563. The number of nitrogens with one attached hydrogen (secondary N) is 2. The van der Waals surface area contributed by atoms with Crippen molar-refractivity contribution in [2.75, 3.05) is 20.2 Å². The molecule has 2 rings (SSSR count). The fourth-order valence-electron chi connectivity index (χ4n) is 2.39. The fourth-order valence-corrected chi connectivity index (χ4v) is 3.94. The molecule has 1 aliphatic rings. The number of methoxy groups -OCH3 is 1. The highest BCUT2D eigenvalue weighted by Gasteiger charge is 2.30.